The van der Waals surface area contributed by atoms with Gasteiger partial charge in [-0.3, -0.25) is 9.78 Å². The minimum atomic E-state index is -4.56. The number of carbonyl (C=O) groups is 1. The molecule has 1 aromatic carbocycles. The number of fused-ring (bicyclic) bond motifs is 2. The smallest absolute Gasteiger partial charge is 0.445 e. The van der Waals surface area contributed by atoms with Gasteiger partial charge in [-0.25, -0.2) is 4.98 Å². The average Bonchev–Trinajstić information content (AvgIpc) is 3.57. The number of amides is 1. The molecule has 5 heterocycles. The fraction of sp³-hybridized carbons (Fsp3) is 0.400. The van der Waals surface area contributed by atoms with E-state index in [1.807, 2.05) is 31.2 Å². The summed E-state index contributed by atoms with van der Waals surface area (Å²) in [5.41, 5.74) is 2.72. The van der Waals surface area contributed by atoms with Gasteiger partial charge >= 0.3 is 6.18 Å². The van der Waals surface area contributed by atoms with E-state index in [0.717, 1.165) is 26.7 Å². The van der Waals surface area contributed by atoms with Crippen LogP contribution in [-0.4, -0.2) is 55.2 Å². The molecule has 1 amide bonds. The zero-order valence-electron chi connectivity index (χ0n) is 20.0. The predicted molar refractivity (Wildman–Crippen MR) is 127 cm³/mol. The van der Waals surface area contributed by atoms with E-state index < -0.39 is 12.0 Å². The van der Waals surface area contributed by atoms with Crippen LogP contribution in [0.4, 0.5) is 18.9 Å². The summed E-state index contributed by atoms with van der Waals surface area (Å²) in [5.74, 6) is -0.491. The quantitative estimate of drug-likeness (QED) is 0.410. The Bertz CT molecular complexity index is 1450. The molecule has 37 heavy (non-hydrogen) atoms. The summed E-state index contributed by atoms with van der Waals surface area (Å²) in [4.78, 5) is 26.0. The Balaban J connectivity index is 1.16. The van der Waals surface area contributed by atoms with Crippen molar-refractivity contribution in [1.29, 1.82) is 0 Å². The lowest BCUT2D eigenvalue weighted by atomic mass is 9.85. The summed E-state index contributed by atoms with van der Waals surface area (Å²) < 4.78 is 45.9. The molecule has 2 aliphatic heterocycles. The third-order valence-corrected chi connectivity index (χ3v) is 7.28. The van der Waals surface area contributed by atoms with Crippen molar-refractivity contribution in [2.75, 3.05) is 24.5 Å². The van der Waals surface area contributed by atoms with E-state index in [2.05, 4.69) is 25.1 Å². The Morgan fingerprint density at radius 3 is 2.70 bits per heavy atom. The van der Waals surface area contributed by atoms with Crippen LogP contribution in [0.1, 0.15) is 25.0 Å². The van der Waals surface area contributed by atoms with Gasteiger partial charge in [-0.15, -0.1) is 10.2 Å². The second-order valence-electron chi connectivity index (χ2n) is 9.57. The maximum Gasteiger partial charge on any atom is 0.451 e. The minimum absolute atomic E-state index is 0.0364. The Hall–Kier alpha value is -3.96. The van der Waals surface area contributed by atoms with E-state index in [9.17, 15) is 18.0 Å². The zero-order valence-corrected chi connectivity index (χ0v) is 20.0. The maximum atomic E-state index is 13.4. The molecule has 192 valence electrons. The second-order valence-corrected chi connectivity index (χ2v) is 9.57. The van der Waals surface area contributed by atoms with Crippen LogP contribution in [0.5, 0.6) is 0 Å². The van der Waals surface area contributed by atoms with Crippen LogP contribution in [0.2, 0.25) is 0 Å². The van der Waals surface area contributed by atoms with Crippen LogP contribution in [0, 0.1) is 11.8 Å². The van der Waals surface area contributed by atoms with Gasteiger partial charge in [-0.2, -0.15) is 13.2 Å². The van der Waals surface area contributed by atoms with Gasteiger partial charge < -0.3 is 18.8 Å². The molecule has 2 unspecified atom stereocenters. The van der Waals surface area contributed by atoms with Crippen molar-refractivity contribution >= 4 is 22.5 Å². The number of alkyl halides is 3. The highest BCUT2D eigenvalue weighted by molar-refractivity contribution is 5.93. The lowest BCUT2D eigenvalue weighted by Gasteiger charge is -2.40. The highest BCUT2D eigenvalue weighted by atomic mass is 19.4. The summed E-state index contributed by atoms with van der Waals surface area (Å²) in [6.45, 7) is 3.70. The maximum absolute atomic E-state index is 13.4. The molecule has 2 atom stereocenters. The first-order valence-electron chi connectivity index (χ1n) is 12.1. The fourth-order valence-corrected chi connectivity index (χ4v) is 5.43. The molecule has 3 aromatic heterocycles. The van der Waals surface area contributed by atoms with Crippen LogP contribution < -0.4 is 4.90 Å². The van der Waals surface area contributed by atoms with E-state index >= 15 is 0 Å². The standard InChI is InChI=1S/C25H24F3N7O2/c1-15-13-33(20-4-6-29-19-12-16(2-3-18(19)20)22-30-7-11-37-22)8-5-17(15)23(36)34-9-10-35-21(14-34)31-32-24(35)25(26,27)28/h2-4,6-7,11-12,15,17H,5,8-10,13-14H2,1H3. The number of hydrogen-bond donors (Lipinski definition) is 0. The SMILES string of the molecule is CC1CN(c2ccnc3cc(-c4ncco4)ccc23)CCC1C(=O)N1CCn2c(nnc2C(F)(F)F)C1. The van der Waals surface area contributed by atoms with Crippen molar-refractivity contribution in [3.63, 3.8) is 0 Å². The Labute approximate surface area is 209 Å². The number of rotatable bonds is 3. The third-order valence-electron chi connectivity index (χ3n) is 7.28. The molecule has 1 saturated heterocycles. The van der Waals surface area contributed by atoms with Crippen molar-refractivity contribution in [2.24, 2.45) is 11.8 Å². The number of nitrogens with zero attached hydrogens (tertiary/aromatic N) is 7. The van der Waals surface area contributed by atoms with Crippen LogP contribution in [-0.2, 0) is 24.1 Å². The third kappa shape index (κ3) is 4.19. The number of aromatic nitrogens is 5. The molecule has 12 heteroatoms. The van der Waals surface area contributed by atoms with Crippen molar-refractivity contribution in [1.82, 2.24) is 29.6 Å². The number of carbonyl (C=O) groups excluding carboxylic acids is 1. The largest absolute Gasteiger partial charge is 0.451 e. The molecule has 0 bridgehead atoms. The molecule has 1 fully saturated rings. The number of benzene rings is 1. The van der Waals surface area contributed by atoms with Gasteiger partial charge in [0.05, 0.1) is 18.3 Å². The molecular formula is C25H24F3N7O2. The molecule has 0 aliphatic carbocycles. The zero-order chi connectivity index (χ0) is 25.7. The lowest BCUT2D eigenvalue weighted by Crippen LogP contribution is -2.49. The summed E-state index contributed by atoms with van der Waals surface area (Å²) in [6, 6.07) is 7.90. The van der Waals surface area contributed by atoms with Crippen LogP contribution in [0.15, 0.2) is 47.3 Å². The topological polar surface area (TPSA) is 93.2 Å². The van der Waals surface area contributed by atoms with Crippen LogP contribution >= 0.6 is 0 Å². The normalized spacial score (nSPS) is 20.3. The molecule has 4 aromatic rings. The van der Waals surface area contributed by atoms with E-state index in [1.54, 1.807) is 17.3 Å². The number of anilines is 1. The number of piperidine rings is 1. The predicted octanol–water partition coefficient (Wildman–Crippen LogP) is 4.00. The second kappa shape index (κ2) is 8.86. The monoisotopic (exact) mass is 511 g/mol. The van der Waals surface area contributed by atoms with Crippen LogP contribution in [0.25, 0.3) is 22.4 Å². The van der Waals surface area contributed by atoms with Crippen molar-refractivity contribution in [2.45, 2.75) is 32.6 Å². The van der Waals surface area contributed by atoms with Crippen LogP contribution in [0.3, 0.4) is 0 Å². The van der Waals surface area contributed by atoms with Crippen molar-refractivity contribution in [3.05, 3.63) is 54.6 Å². The molecule has 6 rings (SSSR count). The molecule has 9 nitrogen and oxygen atoms in total. The van der Waals surface area contributed by atoms with Gasteiger partial charge in [0, 0.05) is 54.9 Å². The Morgan fingerprint density at radius 1 is 1.08 bits per heavy atom. The summed E-state index contributed by atoms with van der Waals surface area (Å²) in [7, 11) is 0. The van der Waals surface area contributed by atoms with Crippen molar-refractivity contribution < 1.29 is 22.4 Å². The van der Waals surface area contributed by atoms with Gasteiger partial charge in [0.25, 0.3) is 0 Å². The van der Waals surface area contributed by atoms with E-state index in [-0.39, 0.29) is 43.2 Å². The van der Waals surface area contributed by atoms with Gasteiger partial charge in [0.2, 0.25) is 17.6 Å². The molecule has 0 radical (unpaired) electrons. The number of pyridine rings is 1. The summed E-state index contributed by atoms with van der Waals surface area (Å²) in [6.07, 6.45) is 0.996. The summed E-state index contributed by atoms with van der Waals surface area (Å²) >= 11 is 0. The number of oxazole rings is 1. The molecule has 0 N–H and O–H groups in total. The Morgan fingerprint density at radius 2 is 1.95 bits per heavy atom. The summed E-state index contributed by atoms with van der Waals surface area (Å²) in [5, 5.41) is 8.01. The molecule has 0 spiro atoms. The van der Waals surface area contributed by atoms with Gasteiger partial charge in [-0.05, 0) is 36.6 Å². The van der Waals surface area contributed by atoms with Crippen molar-refractivity contribution in [3.8, 4) is 11.5 Å². The van der Waals surface area contributed by atoms with E-state index in [1.165, 1.54) is 6.26 Å². The lowest BCUT2D eigenvalue weighted by molar-refractivity contribution is -0.148. The highest BCUT2D eigenvalue weighted by Gasteiger charge is 2.41. The minimum Gasteiger partial charge on any atom is -0.445 e. The van der Waals surface area contributed by atoms with Gasteiger partial charge in [0.1, 0.15) is 6.26 Å². The van der Waals surface area contributed by atoms with E-state index in [0.29, 0.717) is 25.4 Å². The fourth-order valence-electron chi connectivity index (χ4n) is 5.43. The van der Waals surface area contributed by atoms with E-state index in [4.69, 9.17) is 4.42 Å². The first-order chi connectivity index (χ1) is 17.8. The first kappa shape index (κ1) is 23.4. The molecule has 2 aliphatic rings. The first-order valence-corrected chi connectivity index (χ1v) is 12.1. The molecule has 0 saturated carbocycles. The molecular weight excluding hydrogens is 487 g/mol. The van der Waals surface area contributed by atoms with Gasteiger partial charge in [-0.1, -0.05) is 6.92 Å². The average molecular weight is 512 g/mol. The van der Waals surface area contributed by atoms with Gasteiger partial charge in [0.15, 0.2) is 5.82 Å². The number of hydrogen-bond acceptors (Lipinski definition) is 7. The Kier molecular flexibility index (Phi) is 5.61. The number of halogens is 3. The highest BCUT2D eigenvalue weighted by Crippen LogP contribution is 2.35.